The fourth-order valence-corrected chi connectivity index (χ4v) is 3.57. The van der Waals surface area contributed by atoms with Gasteiger partial charge in [-0.1, -0.05) is 6.92 Å². The largest absolute Gasteiger partial charge is 0.315 e. The first kappa shape index (κ1) is 12.6. The summed E-state index contributed by atoms with van der Waals surface area (Å²) in [5, 5.41) is 4.68. The van der Waals surface area contributed by atoms with E-state index in [4.69, 9.17) is 0 Å². The predicted molar refractivity (Wildman–Crippen MR) is 62.6 cm³/mol. The summed E-state index contributed by atoms with van der Waals surface area (Å²) in [5.74, 6) is 0. The molecule has 0 aromatic carbocycles. The van der Waals surface area contributed by atoms with E-state index in [9.17, 15) is 8.42 Å². The van der Waals surface area contributed by atoms with Crippen LogP contribution in [-0.2, 0) is 16.6 Å². The minimum atomic E-state index is -3.27. The third-order valence-electron chi connectivity index (χ3n) is 2.13. The van der Waals surface area contributed by atoms with E-state index in [-0.39, 0.29) is 0 Å². The summed E-state index contributed by atoms with van der Waals surface area (Å²) in [4.78, 5) is 1.42. The Bertz CT molecular complexity index is 412. The third-order valence-corrected chi connectivity index (χ3v) is 5.13. The zero-order valence-electron chi connectivity index (χ0n) is 9.15. The number of rotatable bonds is 5. The molecule has 1 N–H and O–H groups in total. The van der Waals surface area contributed by atoms with Gasteiger partial charge in [-0.15, -0.1) is 11.3 Å². The van der Waals surface area contributed by atoms with Crippen molar-refractivity contribution in [1.29, 1.82) is 0 Å². The van der Waals surface area contributed by atoms with Gasteiger partial charge in [0.15, 0.2) is 0 Å². The van der Waals surface area contributed by atoms with E-state index in [0.29, 0.717) is 18.0 Å². The third kappa shape index (κ3) is 2.78. The molecule has 6 heteroatoms. The minimum absolute atomic E-state index is 0.391. The highest BCUT2D eigenvalue weighted by Gasteiger charge is 2.20. The molecular weight excluding hydrogens is 232 g/mol. The molecule has 0 atom stereocenters. The normalized spacial score (nSPS) is 12.3. The molecule has 1 heterocycles. The summed E-state index contributed by atoms with van der Waals surface area (Å²) < 4.78 is 25.1. The lowest BCUT2D eigenvalue weighted by Gasteiger charge is -2.12. The second-order valence-corrected chi connectivity index (χ2v) is 6.24. The summed E-state index contributed by atoms with van der Waals surface area (Å²) in [6.07, 6.45) is 0. The Kier molecular flexibility index (Phi) is 4.27. The quantitative estimate of drug-likeness (QED) is 0.849. The Morgan fingerprint density at radius 3 is 2.73 bits per heavy atom. The van der Waals surface area contributed by atoms with Gasteiger partial charge in [0.25, 0.3) is 0 Å². The molecule has 1 aromatic heterocycles. The molecule has 0 bridgehead atoms. The van der Waals surface area contributed by atoms with E-state index in [1.54, 1.807) is 18.5 Å². The molecule has 0 aliphatic heterocycles. The van der Waals surface area contributed by atoms with Crippen molar-refractivity contribution < 1.29 is 8.42 Å². The smallest absolute Gasteiger partial charge is 0.243 e. The van der Waals surface area contributed by atoms with Crippen LogP contribution < -0.4 is 5.32 Å². The van der Waals surface area contributed by atoms with Crippen LogP contribution in [-0.4, -0.2) is 33.4 Å². The van der Waals surface area contributed by atoms with Crippen LogP contribution in [0.5, 0.6) is 0 Å². The lowest BCUT2D eigenvalue weighted by Crippen LogP contribution is -2.26. The van der Waals surface area contributed by atoms with Gasteiger partial charge in [0.1, 0.15) is 0 Å². The molecular formula is C9H16N2O2S2. The van der Waals surface area contributed by atoms with Gasteiger partial charge in [0.2, 0.25) is 10.0 Å². The van der Waals surface area contributed by atoms with E-state index >= 15 is 0 Å². The van der Waals surface area contributed by atoms with Gasteiger partial charge in [0, 0.05) is 30.4 Å². The first-order chi connectivity index (χ1) is 7.02. The molecule has 0 spiro atoms. The van der Waals surface area contributed by atoms with Crippen LogP contribution in [0.25, 0.3) is 0 Å². The predicted octanol–water partition coefficient (Wildman–Crippen LogP) is 1.11. The fraction of sp³-hybridized carbons (Fsp3) is 0.556. The van der Waals surface area contributed by atoms with Gasteiger partial charge in [-0.05, 0) is 13.1 Å². The number of nitrogens with one attached hydrogen (secondary N) is 1. The van der Waals surface area contributed by atoms with E-state index in [1.165, 1.54) is 15.6 Å². The zero-order chi connectivity index (χ0) is 11.5. The second-order valence-electron chi connectivity index (χ2n) is 3.20. The van der Waals surface area contributed by atoms with Gasteiger partial charge in [0.05, 0.1) is 4.90 Å². The maximum atomic E-state index is 11.9. The van der Waals surface area contributed by atoms with Crippen molar-refractivity contribution in [1.82, 2.24) is 9.62 Å². The molecule has 0 amide bonds. The Balaban J connectivity index is 2.96. The molecule has 0 aliphatic rings. The molecule has 4 nitrogen and oxygen atoms in total. The maximum Gasteiger partial charge on any atom is 0.243 e. The molecule has 1 rings (SSSR count). The number of sulfonamides is 1. The Hall–Kier alpha value is -0.430. The molecule has 0 aliphatic carbocycles. The van der Waals surface area contributed by atoms with Gasteiger partial charge < -0.3 is 5.32 Å². The first-order valence-electron chi connectivity index (χ1n) is 4.70. The van der Waals surface area contributed by atoms with Crippen molar-refractivity contribution >= 4 is 21.4 Å². The van der Waals surface area contributed by atoms with Gasteiger partial charge in [-0.3, -0.25) is 0 Å². The molecule has 15 heavy (non-hydrogen) atoms. The number of hydrogen-bond acceptors (Lipinski definition) is 4. The summed E-state index contributed by atoms with van der Waals surface area (Å²) in [5.41, 5.74) is 0. The fourth-order valence-electron chi connectivity index (χ4n) is 1.11. The summed E-state index contributed by atoms with van der Waals surface area (Å²) in [6.45, 7) is 3.01. The molecule has 0 saturated carbocycles. The van der Waals surface area contributed by atoms with Crippen molar-refractivity contribution in [2.45, 2.75) is 18.4 Å². The Morgan fingerprint density at radius 1 is 1.53 bits per heavy atom. The maximum absolute atomic E-state index is 11.9. The monoisotopic (exact) mass is 248 g/mol. The van der Waals surface area contributed by atoms with Crippen molar-refractivity contribution in [3.05, 3.63) is 16.3 Å². The summed E-state index contributed by atoms with van der Waals surface area (Å²) >= 11 is 1.46. The highest BCUT2D eigenvalue weighted by atomic mass is 32.2. The van der Waals surface area contributed by atoms with Crippen molar-refractivity contribution in [2.75, 3.05) is 20.6 Å². The van der Waals surface area contributed by atoms with Crippen LogP contribution in [0.4, 0.5) is 0 Å². The highest BCUT2D eigenvalue weighted by molar-refractivity contribution is 7.89. The van der Waals surface area contributed by atoms with Crippen LogP contribution in [0.3, 0.4) is 0 Å². The van der Waals surface area contributed by atoms with Crippen molar-refractivity contribution in [2.24, 2.45) is 0 Å². The average Bonchev–Trinajstić information content (AvgIpc) is 2.66. The van der Waals surface area contributed by atoms with Gasteiger partial charge in [-0.2, -0.15) is 0 Å². The standard InChI is InChI=1S/C9H16N2O2S2/c1-4-11(3)15(12,13)9-5-8(6-10-2)14-7-9/h5,7,10H,4,6H2,1-3H3. The topological polar surface area (TPSA) is 49.4 Å². The van der Waals surface area contributed by atoms with Gasteiger partial charge >= 0.3 is 0 Å². The van der Waals surface area contributed by atoms with Crippen LogP contribution >= 0.6 is 11.3 Å². The van der Waals surface area contributed by atoms with E-state index in [2.05, 4.69) is 5.32 Å². The lowest BCUT2D eigenvalue weighted by molar-refractivity contribution is 0.486. The van der Waals surface area contributed by atoms with E-state index < -0.39 is 10.0 Å². The molecule has 0 unspecified atom stereocenters. The van der Waals surface area contributed by atoms with Gasteiger partial charge in [-0.25, -0.2) is 12.7 Å². The van der Waals surface area contributed by atoms with Crippen molar-refractivity contribution in [3.63, 3.8) is 0 Å². The molecule has 0 fully saturated rings. The molecule has 1 aromatic rings. The summed E-state index contributed by atoms with van der Waals surface area (Å²) in [7, 11) is 0.157. The Morgan fingerprint density at radius 2 is 2.20 bits per heavy atom. The van der Waals surface area contributed by atoms with Crippen LogP contribution in [0.2, 0.25) is 0 Å². The number of hydrogen-bond donors (Lipinski definition) is 1. The minimum Gasteiger partial charge on any atom is -0.315 e. The zero-order valence-corrected chi connectivity index (χ0v) is 10.8. The number of nitrogens with zero attached hydrogens (tertiary/aromatic N) is 1. The highest BCUT2D eigenvalue weighted by Crippen LogP contribution is 2.21. The first-order valence-corrected chi connectivity index (χ1v) is 7.02. The summed E-state index contributed by atoms with van der Waals surface area (Å²) in [6, 6.07) is 1.72. The van der Waals surface area contributed by atoms with Crippen LogP contribution in [0, 0.1) is 0 Å². The molecule has 0 radical (unpaired) electrons. The Labute approximate surface area is 95.0 Å². The molecule has 86 valence electrons. The van der Waals surface area contributed by atoms with Crippen LogP contribution in [0.1, 0.15) is 11.8 Å². The SMILES string of the molecule is CCN(C)S(=O)(=O)c1csc(CNC)c1. The second kappa shape index (κ2) is 5.07. The molecule has 0 saturated heterocycles. The van der Waals surface area contributed by atoms with E-state index in [0.717, 1.165) is 4.88 Å². The van der Waals surface area contributed by atoms with Crippen LogP contribution in [0.15, 0.2) is 16.3 Å². The van der Waals surface area contributed by atoms with E-state index in [1.807, 2.05) is 14.0 Å². The lowest BCUT2D eigenvalue weighted by atomic mass is 10.5. The average molecular weight is 248 g/mol. The van der Waals surface area contributed by atoms with Crippen molar-refractivity contribution in [3.8, 4) is 0 Å². The number of thiophene rings is 1.